The smallest absolute Gasteiger partial charge is 0.261 e. The molecule has 3 aromatic carbocycles. The molecule has 3 rings (SSSR count). The normalized spacial score (nSPS) is 11.6. The van der Waals surface area contributed by atoms with Crippen LogP contribution in [0.5, 0.6) is 5.75 Å². The Kier molecular flexibility index (Phi) is 10.8. The number of ether oxygens (including phenoxy) is 1. The lowest BCUT2D eigenvalue weighted by Crippen LogP contribution is -2.51. The van der Waals surface area contributed by atoms with Crippen molar-refractivity contribution in [2.75, 3.05) is 13.2 Å². The highest BCUT2D eigenvalue weighted by Gasteiger charge is 2.31. The summed E-state index contributed by atoms with van der Waals surface area (Å²) in [5.41, 5.74) is 3.71. The van der Waals surface area contributed by atoms with E-state index in [-0.39, 0.29) is 25.0 Å². The number of unbranched alkanes of at least 4 members (excludes halogenated alkanes) is 1. The summed E-state index contributed by atoms with van der Waals surface area (Å²) >= 11 is 12.6. The first-order valence-corrected chi connectivity index (χ1v) is 13.3. The molecule has 0 radical (unpaired) electrons. The molecule has 1 unspecified atom stereocenters. The zero-order chi connectivity index (χ0) is 26.8. The maximum Gasteiger partial charge on any atom is 0.261 e. The van der Waals surface area contributed by atoms with Gasteiger partial charge in [-0.05, 0) is 55.2 Å². The van der Waals surface area contributed by atoms with Gasteiger partial charge in [-0.1, -0.05) is 90.6 Å². The van der Waals surface area contributed by atoms with Gasteiger partial charge in [0, 0.05) is 29.6 Å². The highest BCUT2D eigenvalue weighted by molar-refractivity contribution is 6.35. The zero-order valence-corrected chi connectivity index (χ0v) is 23.1. The van der Waals surface area contributed by atoms with Crippen LogP contribution in [0.2, 0.25) is 10.0 Å². The minimum atomic E-state index is -0.749. The molecule has 196 valence electrons. The molecule has 1 N–H and O–H groups in total. The molecule has 0 saturated carbocycles. The first-order chi connectivity index (χ1) is 17.8. The van der Waals surface area contributed by atoms with Crippen LogP contribution in [0.1, 0.15) is 42.0 Å². The lowest BCUT2D eigenvalue weighted by molar-refractivity contribution is -0.142. The highest BCUT2D eigenvalue weighted by atomic mass is 35.5. The number of carbonyl (C=O) groups excluding carboxylic acids is 2. The lowest BCUT2D eigenvalue weighted by atomic mass is 10.0. The molecule has 2 amide bonds. The van der Waals surface area contributed by atoms with Gasteiger partial charge in [-0.25, -0.2) is 0 Å². The summed E-state index contributed by atoms with van der Waals surface area (Å²) in [6.45, 7) is 6.49. The third-order valence-corrected chi connectivity index (χ3v) is 6.72. The van der Waals surface area contributed by atoms with Crippen molar-refractivity contribution in [1.29, 1.82) is 0 Å². The fourth-order valence-electron chi connectivity index (χ4n) is 4.08. The average molecular weight is 542 g/mol. The Morgan fingerprint density at radius 3 is 2.43 bits per heavy atom. The van der Waals surface area contributed by atoms with Crippen LogP contribution in [0.25, 0.3) is 0 Å². The number of carbonyl (C=O) groups is 2. The molecule has 0 heterocycles. The zero-order valence-electron chi connectivity index (χ0n) is 21.6. The van der Waals surface area contributed by atoms with E-state index in [1.165, 1.54) is 0 Å². The van der Waals surface area contributed by atoms with Crippen LogP contribution >= 0.6 is 23.2 Å². The van der Waals surface area contributed by atoms with E-state index in [9.17, 15) is 9.59 Å². The van der Waals surface area contributed by atoms with Gasteiger partial charge in [-0.15, -0.1) is 0 Å². The number of nitrogens with one attached hydrogen (secondary N) is 1. The van der Waals surface area contributed by atoms with Crippen LogP contribution in [-0.4, -0.2) is 35.9 Å². The number of nitrogens with zero attached hydrogens (tertiary/aromatic N) is 1. The summed E-state index contributed by atoms with van der Waals surface area (Å²) in [5, 5.41) is 3.95. The first-order valence-electron chi connectivity index (χ1n) is 12.5. The van der Waals surface area contributed by atoms with Gasteiger partial charge in [0.15, 0.2) is 6.61 Å². The molecule has 37 heavy (non-hydrogen) atoms. The second-order valence-corrected chi connectivity index (χ2v) is 10.0. The van der Waals surface area contributed by atoms with E-state index >= 15 is 0 Å². The molecule has 0 aliphatic heterocycles. The molecule has 0 saturated heterocycles. The van der Waals surface area contributed by atoms with Gasteiger partial charge >= 0.3 is 0 Å². The van der Waals surface area contributed by atoms with Crippen LogP contribution in [-0.2, 0) is 22.6 Å². The van der Waals surface area contributed by atoms with Crippen LogP contribution in [0, 0.1) is 13.8 Å². The minimum absolute atomic E-state index is 0.143. The largest absolute Gasteiger partial charge is 0.483 e. The molecule has 0 aliphatic carbocycles. The molecule has 0 bridgehead atoms. The molecule has 5 nitrogen and oxygen atoms in total. The Labute approximate surface area is 229 Å². The van der Waals surface area contributed by atoms with Crippen molar-refractivity contribution < 1.29 is 14.3 Å². The third kappa shape index (κ3) is 8.51. The van der Waals surface area contributed by atoms with Crippen LogP contribution in [0.4, 0.5) is 0 Å². The predicted octanol–water partition coefficient (Wildman–Crippen LogP) is 6.55. The summed E-state index contributed by atoms with van der Waals surface area (Å²) in [5.74, 6) is 0.121. The Bertz CT molecular complexity index is 1200. The maximum absolute atomic E-state index is 13.7. The van der Waals surface area contributed by atoms with Gasteiger partial charge < -0.3 is 15.0 Å². The van der Waals surface area contributed by atoms with Crippen molar-refractivity contribution in [2.45, 2.75) is 52.6 Å². The number of benzene rings is 3. The van der Waals surface area contributed by atoms with Gasteiger partial charge in [-0.2, -0.15) is 0 Å². The van der Waals surface area contributed by atoms with E-state index in [0.29, 0.717) is 34.3 Å². The molecule has 1 atom stereocenters. The monoisotopic (exact) mass is 540 g/mol. The second kappa shape index (κ2) is 14.1. The van der Waals surface area contributed by atoms with Crippen LogP contribution < -0.4 is 10.1 Å². The van der Waals surface area contributed by atoms with Crippen molar-refractivity contribution in [1.82, 2.24) is 10.2 Å². The van der Waals surface area contributed by atoms with Gasteiger partial charge in [-0.3, -0.25) is 9.59 Å². The van der Waals surface area contributed by atoms with E-state index in [1.54, 1.807) is 23.1 Å². The van der Waals surface area contributed by atoms with E-state index in [1.807, 2.05) is 62.4 Å². The van der Waals surface area contributed by atoms with Crippen molar-refractivity contribution in [3.05, 3.63) is 99.0 Å². The number of rotatable bonds is 12. The Morgan fingerprint density at radius 2 is 1.76 bits per heavy atom. The first kappa shape index (κ1) is 28.5. The summed E-state index contributed by atoms with van der Waals surface area (Å²) in [6, 6.07) is 19.9. The van der Waals surface area contributed by atoms with E-state index < -0.39 is 6.04 Å². The fourth-order valence-corrected chi connectivity index (χ4v) is 4.55. The summed E-state index contributed by atoms with van der Waals surface area (Å²) in [6.07, 6.45) is 2.17. The summed E-state index contributed by atoms with van der Waals surface area (Å²) in [4.78, 5) is 28.7. The minimum Gasteiger partial charge on any atom is -0.483 e. The number of hydrogen-bond acceptors (Lipinski definition) is 3. The van der Waals surface area contributed by atoms with Crippen molar-refractivity contribution in [2.24, 2.45) is 0 Å². The molecule has 3 aromatic rings. The van der Waals surface area contributed by atoms with Gasteiger partial charge in [0.1, 0.15) is 11.8 Å². The van der Waals surface area contributed by atoms with E-state index in [4.69, 9.17) is 27.9 Å². The average Bonchev–Trinajstić information content (AvgIpc) is 2.87. The summed E-state index contributed by atoms with van der Waals surface area (Å²) < 4.78 is 5.92. The quantitative estimate of drug-likeness (QED) is 0.265. The van der Waals surface area contributed by atoms with E-state index in [0.717, 1.165) is 29.5 Å². The van der Waals surface area contributed by atoms with Crippen molar-refractivity contribution in [3.63, 3.8) is 0 Å². The predicted molar refractivity (Wildman–Crippen MR) is 150 cm³/mol. The Hall–Kier alpha value is -3.02. The van der Waals surface area contributed by atoms with E-state index in [2.05, 4.69) is 12.2 Å². The maximum atomic E-state index is 13.7. The highest BCUT2D eigenvalue weighted by Crippen LogP contribution is 2.25. The number of aryl methyl sites for hydroxylation is 2. The molecule has 0 aromatic heterocycles. The lowest BCUT2D eigenvalue weighted by Gasteiger charge is -2.32. The topological polar surface area (TPSA) is 58.6 Å². The van der Waals surface area contributed by atoms with Crippen LogP contribution in [0.15, 0.2) is 66.7 Å². The molecule has 0 spiro atoms. The SMILES string of the molecule is CCCCNC(=O)C(Cc1ccccc1)N(Cc1ccc(Cl)cc1Cl)C(=O)COc1ccc(C)cc1C. The van der Waals surface area contributed by atoms with Gasteiger partial charge in [0.05, 0.1) is 0 Å². The number of amides is 2. The molecule has 0 aliphatic rings. The molecule has 7 heteroatoms. The van der Waals surface area contributed by atoms with Gasteiger partial charge in [0.25, 0.3) is 5.91 Å². The third-order valence-electron chi connectivity index (χ3n) is 6.14. The fraction of sp³-hybridized carbons (Fsp3) is 0.333. The van der Waals surface area contributed by atoms with Crippen LogP contribution in [0.3, 0.4) is 0 Å². The molecule has 0 fully saturated rings. The standard InChI is InChI=1S/C30H34Cl2N2O3/c1-4-5-15-33-30(36)27(17-23-9-7-6-8-10-23)34(19-24-12-13-25(31)18-26(24)32)29(35)20-37-28-14-11-21(2)16-22(28)3/h6-14,16,18,27H,4-5,15,17,19-20H2,1-3H3,(H,33,36). The van der Waals surface area contributed by atoms with Crippen molar-refractivity contribution in [3.8, 4) is 5.75 Å². The van der Waals surface area contributed by atoms with Crippen molar-refractivity contribution >= 4 is 35.0 Å². The summed E-state index contributed by atoms with van der Waals surface area (Å²) in [7, 11) is 0. The van der Waals surface area contributed by atoms with Gasteiger partial charge in [0.2, 0.25) is 5.91 Å². The number of halogens is 2. The number of hydrogen-bond donors (Lipinski definition) is 1. The molecular weight excluding hydrogens is 507 g/mol. The second-order valence-electron chi connectivity index (χ2n) is 9.17. The Balaban J connectivity index is 1.92. The Morgan fingerprint density at radius 1 is 1.00 bits per heavy atom. The molecular formula is C30H34Cl2N2O3.